The zero-order chi connectivity index (χ0) is 5.54. The summed E-state index contributed by atoms with van der Waals surface area (Å²) in [4.78, 5) is 3.46. The molecule has 0 aliphatic carbocycles. The predicted molar refractivity (Wildman–Crippen MR) is 21.4 cm³/mol. The zero-order valence-electron chi connectivity index (χ0n) is 4.05. The molecule has 0 aromatic rings. The number of hydrogen-bond donors (Lipinski definition) is 0. The summed E-state index contributed by atoms with van der Waals surface area (Å²) in [5.41, 5.74) is 0. The summed E-state index contributed by atoms with van der Waals surface area (Å²) in [6.45, 7) is 0.0611. The van der Waals surface area contributed by atoms with Crippen molar-refractivity contribution in [2.75, 3.05) is 13.2 Å². The third-order valence-corrected chi connectivity index (χ3v) is 0.622. The van der Waals surface area contributed by atoms with Gasteiger partial charge in [0.05, 0.1) is 13.2 Å². The second-order valence-electron chi connectivity index (χ2n) is 1.23. The molecule has 0 N–H and O–H groups in total. The summed E-state index contributed by atoms with van der Waals surface area (Å²) in [5, 5.41) is 18.8. The van der Waals surface area contributed by atoms with Gasteiger partial charge in [-0.3, -0.25) is 0 Å². The van der Waals surface area contributed by atoms with Gasteiger partial charge in [0.1, 0.15) is 0 Å². The summed E-state index contributed by atoms with van der Waals surface area (Å²) >= 11 is 0. The van der Waals surface area contributed by atoms with Gasteiger partial charge in [-0.25, -0.2) is 9.99 Å². The van der Waals surface area contributed by atoms with Crippen molar-refractivity contribution in [1.82, 2.24) is 0 Å². The Bertz CT molecular complexity index is 26.1. The molecule has 0 atom stereocenters. The first-order chi connectivity index (χ1) is 3.41. The zero-order valence-corrected chi connectivity index (χ0v) is 4.05. The maximum absolute atomic E-state index is 9.65. The van der Waals surface area contributed by atoms with Gasteiger partial charge >= 0.3 is 0 Å². The molecule has 0 amide bonds. The van der Waals surface area contributed by atoms with Crippen LogP contribution in [0.2, 0.25) is 0 Å². The molecular weight excluding hydrogens is 96.0 g/mol. The van der Waals surface area contributed by atoms with Crippen LogP contribution in [-0.2, 0) is 15.3 Å². The Balaban J connectivity index is 2.45. The van der Waals surface area contributed by atoms with E-state index in [9.17, 15) is 10.4 Å². The van der Waals surface area contributed by atoms with Crippen molar-refractivity contribution < 1.29 is 15.3 Å². The van der Waals surface area contributed by atoms with Crippen molar-refractivity contribution in [2.24, 2.45) is 0 Å². The molecular formula is C4H8O3. The number of hydrogen-bond acceptors (Lipinski definition) is 1. The molecule has 0 aliphatic heterocycles. The normalized spacial score (nSPS) is 9.43. The highest BCUT2D eigenvalue weighted by Gasteiger charge is 1.84. The molecule has 0 saturated carbocycles. The van der Waals surface area contributed by atoms with Crippen molar-refractivity contribution in [3.05, 3.63) is 0 Å². The van der Waals surface area contributed by atoms with E-state index in [1.54, 1.807) is 0 Å². The van der Waals surface area contributed by atoms with E-state index in [1.165, 1.54) is 0 Å². The predicted octanol–water partition coefficient (Wildman–Crippen LogP) is 0.559. The first kappa shape index (κ1) is 6.88. The fourth-order valence-corrected chi connectivity index (χ4v) is 0.263. The molecule has 0 saturated heterocycles. The molecule has 0 rings (SSSR count). The lowest BCUT2D eigenvalue weighted by atomic mass is 10.3. The second-order valence-corrected chi connectivity index (χ2v) is 1.23. The third kappa shape index (κ3) is 5.88. The van der Waals surface area contributed by atoms with Crippen LogP contribution in [0.5, 0.6) is 0 Å². The van der Waals surface area contributed by atoms with E-state index in [0.29, 0.717) is 12.8 Å². The average Bonchev–Trinajstić information content (AvgIpc) is 1.69. The van der Waals surface area contributed by atoms with E-state index in [1.807, 2.05) is 0 Å². The van der Waals surface area contributed by atoms with Gasteiger partial charge in [0.15, 0.2) is 0 Å². The molecule has 3 heteroatoms. The standard InChI is InChI=1S/C4H8O3/c5-3-1-2-4-7-6/h1-4H2. The van der Waals surface area contributed by atoms with Crippen LogP contribution in [0.25, 0.3) is 0 Å². The number of unbranched alkanes of at least 4 members (excludes halogenated alkanes) is 1. The maximum Gasteiger partial charge on any atom is 0.0855 e. The van der Waals surface area contributed by atoms with Gasteiger partial charge < -0.3 is 0 Å². The molecule has 3 nitrogen and oxygen atoms in total. The minimum absolute atomic E-state index is 0.108. The van der Waals surface area contributed by atoms with E-state index in [4.69, 9.17) is 0 Å². The van der Waals surface area contributed by atoms with E-state index < -0.39 is 0 Å². The average molecular weight is 104 g/mol. The van der Waals surface area contributed by atoms with Crippen LogP contribution >= 0.6 is 0 Å². The van der Waals surface area contributed by atoms with E-state index >= 15 is 0 Å². The van der Waals surface area contributed by atoms with Crippen molar-refractivity contribution in [2.45, 2.75) is 12.8 Å². The lowest BCUT2D eigenvalue weighted by Gasteiger charge is -1.87. The number of rotatable bonds is 4. The van der Waals surface area contributed by atoms with Crippen LogP contribution < -0.4 is 0 Å². The molecule has 0 unspecified atom stereocenters. The lowest BCUT2D eigenvalue weighted by Crippen LogP contribution is -1.88. The van der Waals surface area contributed by atoms with Gasteiger partial charge in [-0.15, -0.1) is 0 Å². The van der Waals surface area contributed by atoms with Crippen molar-refractivity contribution in [1.29, 1.82) is 0 Å². The molecule has 0 heterocycles. The summed E-state index contributed by atoms with van der Waals surface area (Å²) in [6.07, 6.45) is 1.13. The fourth-order valence-electron chi connectivity index (χ4n) is 0.263. The van der Waals surface area contributed by atoms with Gasteiger partial charge in [0.25, 0.3) is 0 Å². The van der Waals surface area contributed by atoms with E-state index in [0.717, 1.165) is 0 Å². The van der Waals surface area contributed by atoms with Crippen molar-refractivity contribution >= 4 is 0 Å². The van der Waals surface area contributed by atoms with Crippen LogP contribution in [0.3, 0.4) is 0 Å². The topological polar surface area (TPSA) is 49.0 Å². The smallest absolute Gasteiger partial charge is 0.0855 e. The molecule has 42 valence electrons. The summed E-state index contributed by atoms with van der Waals surface area (Å²) < 4.78 is 0. The molecule has 2 radical (unpaired) electrons. The third-order valence-electron chi connectivity index (χ3n) is 0.622. The Kier molecular flexibility index (Phi) is 5.78. The van der Waals surface area contributed by atoms with Gasteiger partial charge in [-0.05, 0) is 18.1 Å². The van der Waals surface area contributed by atoms with Gasteiger partial charge in [-0.2, -0.15) is 0 Å². The summed E-state index contributed by atoms with van der Waals surface area (Å²) in [5.74, 6) is 0. The minimum Gasteiger partial charge on any atom is -0.237 e. The monoisotopic (exact) mass is 104 g/mol. The van der Waals surface area contributed by atoms with Gasteiger partial charge in [-0.1, -0.05) is 0 Å². The fraction of sp³-hybridized carbons (Fsp3) is 1.00. The Hall–Kier alpha value is -0.120. The Morgan fingerprint density at radius 2 is 2.00 bits per heavy atom. The van der Waals surface area contributed by atoms with Crippen LogP contribution in [0, 0.1) is 0 Å². The largest absolute Gasteiger partial charge is 0.237 e. The Labute approximate surface area is 42.5 Å². The molecule has 7 heavy (non-hydrogen) atoms. The van der Waals surface area contributed by atoms with E-state index in [2.05, 4.69) is 4.89 Å². The second kappa shape index (κ2) is 5.88. The highest BCUT2D eigenvalue weighted by Crippen LogP contribution is 1.85. The molecule has 0 aliphatic rings. The van der Waals surface area contributed by atoms with E-state index in [-0.39, 0.29) is 13.2 Å². The first-order valence-electron chi connectivity index (χ1n) is 2.24. The maximum atomic E-state index is 9.65. The minimum atomic E-state index is -0.108. The molecule has 0 spiro atoms. The molecule has 0 bridgehead atoms. The van der Waals surface area contributed by atoms with Crippen LogP contribution in [0.1, 0.15) is 12.8 Å². The molecule has 0 aromatic heterocycles. The Morgan fingerprint density at radius 3 is 2.43 bits per heavy atom. The van der Waals surface area contributed by atoms with Crippen LogP contribution in [0.4, 0.5) is 0 Å². The summed E-state index contributed by atoms with van der Waals surface area (Å²) in [7, 11) is 0. The van der Waals surface area contributed by atoms with Gasteiger partial charge in [0, 0.05) is 0 Å². The highest BCUT2D eigenvalue weighted by atomic mass is 17.1. The van der Waals surface area contributed by atoms with Crippen molar-refractivity contribution in [3.63, 3.8) is 0 Å². The van der Waals surface area contributed by atoms with Crippen LogP contribution in [0.15, 0.2) is 0 Å². The quantitative estimate of drug-likeness (QED) is 0.292. The molecule has 0 aromatic carbocycles. The Morgan fingerprint density at radius 1 is 1.29 bits per heavy atom. The lowest BCUT2D eigenvalue weighted by molar-refractivity contribution is -0.304. The SMILES string of the molecule is [O]CCCCO[O]. The van der Waals surface area contributed by atoms with Crippen molar-refractivity contribution in [3.8, 4) is 0 Å². The summed E-state index contributed by atoms with van der Waals surface area (Å²) in [6, 6.07) is 0. The first-order valence-corrected chi connectivity index (χ1v) is 2.24. The van der Waals surface area contributed by atoms with Crippen LogP contribution in [-0.4, -0.2) is 13.2 Å². The van der Waals surface area contributed by atoms with Gasteiger partial charge in [0.2, 0.25) is 0 Å². The molecule has 0 fully saturated rings. The highest BCUT2D eigenvalue weighted by molar-refractivity contribution is 4.31.